The van der Waals surface area contributed by atoms with Crippen LogP contribution < -0.4 is 15.4 Å². The molecule has 0 fully saturated rings. The van der Waals surface area contributed by atoms with Crippen LogP contribution in [-0.4, -0.2) is 21.0 Å². The molecule has 0 aliphatic carbocycles. The van der Waals surface area contributed by atoms with Gasteiger partial charge in [0.15, 0.2) is 0 Å². The van der Waals surface area contributed by atoms with Crippen molar-refractivity contribution in [3.63, 3.8) is 0 Å². The zero-order chi connectivity index (χ0) is 22.6. The van der Waals surface area contributed by atoms with E-state index in [1.807, 2.05) is 36.4 Å². The van der Waals surface area contributed by atoms with Gasteiger partial charge in [-0.2, -0.15) is 0 Å². The summed E-state index contributed by atoms with van der Waals surface area (Å²) in [6, 6.07) is 23.9. The summed E-state index contributed by atoms with van der Waals surface area (Å²) in [5.74, 6) is 0.544. The van der Waals surface area contributed by atoms with Gasteiger partial charge in [0, 0.05) is 17.1 Å². The molecule has 0 spiro atoms. The minimum absolute atomic E-state index is 0.363. The highest BCUT2D eigenvalue weighted by atomic mass is 19.1. The number of carbonyl (C=O) groups excluding carboxylic acids is 1. The quantitative estimate of drug-likeness (QED) is 0.304. The van der Waals surface area contributed by atoms with E-state index >= 15 is 0 Å². The maximum Gasteiger partial charge on any atom is 0.323 e. The Morgan fingerprint density at radius 2 is 1.64 bits per heavy atom. The van der Waals surface area contributed by atoms with Crippen LogP contribution in [0.2, 0.25) is 0 Å². The van der Waals surface area contributed by atoms with Crippen LogP contribution in [0.3, 0.4) is 0 Å². The highest BCUT2D eigenvalue weighted by Gasteiger charge is 2.11. The fourth-order valence-electron chi connectivity index (χ4n) is 3.35. The van der Waals surface area contributed by atoms with Gasteiger partial charge in [-0.15, -0.1) is 0 Å². The SMILES string of the molecule is O=C(Nc1ccc(Oc2ncnc3[nH]c(-c4ccccc4)cc23)cc1)Nc1cccc(F)c1. The highest BCUT2D eigenvalue weighted by Crippen LogP contribution is 2.31. The maximum atomic E-state index is 13.3. The van der Waals surface area contributed by atoms with E-state index in [1.165, 1.54) is 24.5 Å². The topological polar surface area (TPSA) is 91.9 Å². The Balaban J connectivity index is 1.29. The molecule has 3 aromatic carbocycles. The number of halogens is 1. The Morgan fingerprint density at radius 3 is 2.42 bits per heavy atom. The number of nitrogens with zero attached hydrogens (tertiary/aromatic N) is 2. The molecule has 0 unspecified atom stereocenters. The minimum Gasteiger partial charge on any atom is -0.438 e. The lowest BCUT2D eigenvalue weighted by molar-refractivity contribution is 0.262. The second-order valence-electron chi connectivity index (χ2n) is 7.21. The zero-order valence-corrected chi connectivity index (χ0v) is 17.2. The third kappa shape index (κ3) is 4.64. The number of carbonyl (C=O) groups is 1. The lowest BCUT2D eigenvalue weighted by Gasteiger charge is -2.09. The third-order valence-corrected chi connectivity index (χ3v) is 4.88. The lowest BCUT2D eigenvalue weighted by atomic mass is 10.1. The molecule has 0 aliphatic heterocycles. The normalized spacial score (nSPS) is 10.7. The molecule has 33 heavy (non-hydrogen) atoms. The van der Waals surface area contributed by atoms with Crippen molar-refractivity contribution in [2.45, 2.75) is 0 Å². The number of ether oxygens (including phenoxy) is 1. The lowest BCUT2D eigenvalue weighted by Crippen LogP contribution is -2.19. The second kappa shape index (κ2) is 8.80. The summed E-state index contributed by atoms with van der Waals surface area (Å²) in [5, 5.41) is 6.03. The summed E-state index contributed by atoms with van der Waals surface area (Å²) in [6.07, 6.45) is 1.44. The van der Waals surface area contributed by atoms with E-state index in [0.29, 0.717) is 28.7 Å². The Bertz CT molecular complexity index is 1420. The zero-order valence-electron chi connectivity index (χ0n) is 17.2. The van der Waals surface area contributed by atoms with Gasteiger partial charge in [0.2, 0.25) is 5.88 Å². The molecule has 2 heterocycles. The smallest absolute Gasteiger partial charge is 0.323 e. The number of nitrogens with one attached hydrogen (secondary N) is 3. The number of rotatable bonds is 5. The highest BCUT2D eigenvalue weighted by molar-refractivity contribution is 5.99. The average Bonchev–Trinajstić information content (AvgIpc) is 3.26. The van der Waals surface area contributed by atoms with Crippen LogP contribution in [0.15, 0.2) is 91.3 Å². The Morgan fingerprint density at radius 1 is 0.848 bits per heavy atom. The molecule has 0 bridgehead atoms. The van der Waals surface area contributed by atoms with Gasteiger partial charge < -0.3 is 20.4 Å². The van der Waals surface area contributed by atoms with Crippen molar-refractivity contribution in [2.24, 2.45) is 0 Å². The first-order chi connectivity index (χ1) is 16.1. The first-order valence-electron chi connectivity index (χ1n) is 10.1. The summed E-state index contributed by atoms with van der Waals surface area (Å²) in [4.78, 5) is 24.0. The van der Waals surface area contributed by atoms with Crippen LogP contribution in [0.25, 0.3) is 22.3 Å². The minimum atomic E-state index is -0.479. The molecule has 2 amide bonds. The molecule has 162 valence electrons. The van der Waals surface area contributed by atoms with Gasteiger partial charge in [-0.25, -0.2) is 19.2 Å². The average molecular weight is 439 g/mol. The van der Waals surface area contributed by atoms with Gasteiger partial charge in [0.1, 0.15) is 23.5 Å². The Kier molecular flexibility index (Phi) is 5.38. The fraction of sp³-hybridized carbons (Fsp3) is 0. The van der Waals surface area contributed by atoms with Crippen LogP contribution in [0.1, 0.15) is 0 Å². The van der Waals surface area contributed by atoms with E-state index in [1.54, 1.807) is 30.3 Å². The van der Waals surface area contributed by atoms with Crippen LogP contribution in [0, 0.1) is 5.82 Å². The number of aromatic amines is 1. The third-order valence-electron chi connectivity index (χ3n) is 4.88. The number of anilines is 2. The van der Waals surface area contributed by atoms with Gasteiger partial charge in [-0.1, -0.05) is 36.4 Å². The summed E-state index contributed by atoms with van der Waals surface area (Å²) >= 11 is 0. The molecule has 0 atom stereocenters. The van der Waals surface area contributed by atoms with E-state index in [9.17, 15) is 9.18 Å². The number of H-pyrrole nitrogens is 1. The van der Waals surface area contributed by atoms with E-state index in [0.717, 1.165) is 16.6 Å². The first kappa shape index (κ1) is 20.2. The number of amides is 2. The van der Waals surface area contributed by atoms with E-state index in [2.05, 4.69) is 25.6 Å². The largest absolute Gasteiger partial charge is 0.438 e. The molecular weight excluding hydrogens is 421 g/mol. The van der Waals surface area contributed by atoms with E-state index in [4.69, 9.17) is 4.74 Å². The van der Waals surface area contributed by atoms with Crippen molar-refractivity contribution < 1.29 is 13.9 Å². The number of benzene rings is 3. The van der Waals surface area contributed by atoms with Crippen LogP contribution in [-0.2, 0) is 0 Å². The molecule has 5 rings (SSSR count). The molecule has 0 saturated carbocycles. The summed E-state index contributed by atoms with van der Waals surface area (Å²) in [5.41, 5.74) is 3.54. The van der Waals surface area contributed by atoms with Crippen molar-refractivity contribution in [1.29, 1.82) is 0 Å². The predicted molar refractivity (Wildman–Crippen MR) is 125 cm³/mol. The fourth-order valence-corrected chi connectivity index (χ4v) is 3.35. The first-order valence-corrected chi connectivity index (χ1v) is 10.1. The summed E-state index contributed by atoms with van der Waals surface area (Å²) in [7, 11) is 0. The molecule has 0 saturated heterocycles. The van der Waals surface area contributed by atoms with Crippen LogP contribution >= 0.6 is 0 Å². The van der Waals surface area contributed by atoms with Gasteiger partial charge in [-0.05, 0) is 54.1 Å². The number of hydrogen-bond donors (Lipinski definition) is 3. The second-order valence-corrected chi connectivity index (χ2v) is 7.21. The molecule has 0 aliphatic rings. The van der Waals surface area contributed by atoms with Gasteiger partial charge in [0.25, 0.3) is 0 Å². The van der Waals surface area contributed by atoms with Crippen molar-refractivity contribution in [3.8, 4) is 22.9 Å². The molecule has 8 heteroatoms. The molecule has 0 radical (unpaired) electrons. The standard InChI is InChI=1S/C25H18FN5O2/c26-17-7-4-8-19(13-17)30-25(32)29-18-9-11-20(12-10-18)33-24-21-14-22(16-5-2-1-3-6-16)31-23(21)27-15-28-24/h1-15H,(H,27,28,31)(H2,29,30,32). The molecule has 3 N–H and O–H groups in total. The monoisotopic (exact) mass is 439 g/mol. The number of fused-ring (bicyclic) bond motifs is 1. The van der Waals surface area contributed by atoms with Crippen molar-refractivity contribution >= 4 is 28.4 Å². The van der Waals surface area contributed by atoms with Gasteiger partial charge in [-0.3, -0.25) is 0 Å². The maximum absolute atomic E-state index is 13.3. The van der Waals surface area contributed by atoms with Gasteiger partial charge >= 0.3 is 6.03 Å². The van der Waals surface area contributed by atoms with Crippen LogP contribution in [0.5, 0.6) is 11.6 Å². The molecular formula is C25H18FN5O2. The summed E-state index contributed by atoms with van der Waals surface area (Å²) < 4.78 is 19.2. The number of hydrogen-bond acceptors (Lipinski definition) is 4. The number of aromatic nitrogens is 3. The molecule has 5 aromatic rings. The summed E-state index contributed by atoms with van der Waals surface area (Å²) in [6.45, 7) is 0. The predicted octanol–water partition coefficient (Wildman–Crippen LogP) is 6.20. The number of urea groups is 1. The Labute approximate surface area is 188 Å². The van der Waals surface area contributed by atoms with Crippen molar-refractivity contribution in [1.82, 2.24) is 15.0 Å². The van der Waals surface area contributed by atoms with E-state index < -0.39 is 11.8 Å². The van der Waals surface area contributed by atoms with E-state index in [-0.39, 0.29) is 0 Å². The molecule has 2 aromatic heterocycles. The van der Waals surface area contributed by atoms with Crippen LogP contribution in [0.4, 0.5) is 20.6 Å². The van der Waals surface area contributed by atoms with Gasteiger partial charge in [0.05, 0.1) is 5.39 Å². The van der Waals surface area contributed by atoms with Crippen molar-refractivity contribution in [3.05, 3.63) is 97.1 Å². The Hall–Kier alpha value is -4.72. The molecule has 7 nitrogen and oxygen atoms in total. The van der Waals surface area contributed by atoms with Crippen molar-refractivity contribution in [2.75, 3.05) is 10.6 Å².